The highest BCUT2D eigenvalue weighted by molar-refractivity contribution is 7.10. The molecule has 0 saturated carbocycles. The molecule has 1 heteroatoms. The lowest BCUT2D eigenvalue weighted by atomic mass is 10.0. The Bertz CT molecular complexity index is 211. The molecule has 0 fully saturated rings. The second kappa shape index (κ2) is 5.15. The highest BCUT2D eigenvalue weighted by Gasteiger charge is 2.04. The first-order chi connectivity index (χ1) is 5.84. The molecule has 0 aliphatic rings. The summed E-state index contributed by atoms with van der Waals surface area (Å²) >= 11 is 1.86. The molecule has 1 heterocycles. The van der Waals surface area contributed by atoms with Crippen LogP contribution < -0.4 is 0 Å². The van der Waals surface area contributed by atoms with Gasteiger partial charge in [-0.2, -0.15) is 0 Å². The summed E-state index contributed by atoms with van der Waals surface area (Å²) < 4.78 is 0. The molecule has 66 valence electrons. The Morgan fingerprint density at radius 1 is 1.67 bits per heavy atom. The van der Waals surface area contributed by atoms with Gasteiger partial charge in [-0.05, 0) is 36.6 Å². The molecule has 0 spiro atoms. The number of rotatable bonds is 5. The molecule has 0 bridgehead atoms. The van der Waals surface area contributed by atoms with Crippen molar-refractivity contribution >= 4 is 11.3 Å². The van der Waals surface area contributed by atoms with Gasteiger partial charge in [0.05, 0.1) is 0 Å². The molecular formula is C11H16S. The van der Waals surface area contributed by atoms with E-state index in [1.54, 1.807) is 0 Å². The third-order valence-corrected chi connectivity index (χ3v) is 3.18. The van der Waals surface area contributed by atoms with Crippen LogP contribution in [0.3, 0.4) is 0 Å². The van der Waals surface area contributed by atoms with Crippen molar-refractivity contribution in [1.29, 1.82) is 0 Å². The molecule has 0 N–H and O–H groups in total. The molecule has 1 rings (SSSR count). The zero-order valence-electron chi connectivity index (χ0n) is 7.62. The first kappa shape index (κ1) is 9.53. The normalized spacial score (nSPS) is 12.8. The van der Waals surface area contributed by atoms with Gasteiger partial charge >= 0.3 is 0 Å². The van der Waals surface area contributed by atoms with E-state index >= 15 is 0 Å². The molecule has 0 saturated heterocycles. The highest BCUT2D eigenvalue weighted by Crippen LogP contribution is 2.25. The lowest BCUT2D eigenvalue weighted by Crippen LogP contribution is -1.88. The molecule has 0 amide bonds. The first-order valence-corrected chi connectivity index (χ1v) is 5.37. The summed E-state index contributed by atoms with van der Waals surface area (Å²) in [6.07, 6.45) is 5.70. The van der Waals surface area contributed by atoms with E-state index in [9.17, 15) is 0 Å². The minimum atomic E-state index is 0.727. The molecule has 1 aromatic heterocycles. The van der Waals surface area contributed by atoms with Gasteiger partial charge in [0.25, 0.3) is 0 Å². The van der Waals surface area contributed by atoms with Gasteiger partial charge in [-0.1, -0.05) is 19.1 Å². The van der Waals surface area contributed by atoms with Crippen LogP contribution in [-0.2, 0) is 0 Å². The van der Waals surface area contributed by atoms with Crippen LogP contribution >= 0.6 is 11.3 Å². The SMILES string of the molecule is C=CCCCC(C)c1cccs1. The Labute approximate surface area is 78.9 Å². The van der Waals surface area contributed by atoms with Gasteiger partial charge < -0.3 is 0 Å². The van der Waals surface area contributed by atoms with Crippen LogP contribution in [0.15, 0.2) is 30.2 Å². The monoisotopic (exact) mass is 180 g/mol. The van der Waals surface area contributed by atoms with Gasteiger partial charge in [-0.3, -0.25) is 0 Å². The quantitative estimate of drug-likeness (QED) is 0.470. The van der Waals surface area contributed by atoms with Crippen molar-refractivity contribution in [1.82, 2.24) is 0 Å². The number of thiophene rings is 1. The van der Waals surface area contributed by atoms with Crippen molar-refractivity contribution in [3.63, 3.8) is 0 Å². The summed E-state index contributed by atoms with van der Waals surface area (Å²) in [5.41, 5.74) is 0. The zero-order chi connectivity index (χ0) is 8.81. The molecule has 0 aliphatic carbocycles. The lowest BCUT2D eigenvalue weighted by Gasteiger charge is -2.06. The Hall–Kier alpha value is -0.560. The molecule has 0 aliphatic heterocycles. The first-order valence-electron chi connectivity index (χ1n) is 4.49. The van der Waals surface area contributed by atoms with Crippen molar-refractivity contribution in [3.05, 3.63) is 35.0 Å². The average Bonchev–Trinajstić information content (AvgIpc) is 2.56. The largest absolute Gasteiger partial charge is 0.149 e. The van der Waals surface area contributed by atoms with Crippen LogP contribution in [0, 0.1) is 0 Å². The second-order valence-corrected chi connectivity index (χ2v) is 4.12. The maximum atomic E-state index is 3.72. The predicted molar refractivity (Wildman–Crippen MR) is 56.8 cm³/mol. The number of allylic oxidation sites excluding steroid dienone is 1. The third-order valence-electron chi connectivity index (χ3n) is 2.07. The lowest BCUT2D eigenvalue weighted by molar-refractivity contribution is 0.649. The molecule has 0 nitrogen and oxygen atoms in total. The predicted octanol–water partition coefficient (Wildman–Crippen LogP) is 4.21. The molecule has 1 aromatic rings. The maximum absolute atomic E-state index is 3.72. The second-order valence-electron chi connectivity index (χ2n) is 3.14. The summed E-state index contributed by atoms with van der Waals surface area (Å²) in [7, 11) is 0. The van der Waals surface area contributed by atoms with Crippen molar-refractivity contribution in [2.24, 2.45) is 0 Å². The van der Waals surface area contributed by atoms with Gasteiger partial charge in [-0.15, -0.1) is 17.9 Å². The summed E-state index contributed by atoms with van der Waals surface area (Å²) in [5.74, 6) is 0.727. The summed E-state index contributed by atoms with van der Waals surface area (Å²) in [4.78, 5) is 1.51. The van der Waals surface area contributed by atoms with Crippen LogP contribution in [-0.4, -0.2) is 0 Å². The Kier molecular flexibility index (Phi) is 4.09. The van der Waals surface area contributed by atoms with Gasteiger partial charge in [0, 0.05) is 4.88 Å². The van der Waals surface area contributed by atoms with Crippen LogP contribution in [0.2, 0.25) is 0 Å². The van der Waals surface area contributed by atoms with E-state index in [0.29, 0.717) is 0 Å². The van der Waals surface area contributed by atoms with Crippen LogP contribution in [0.5, 0.6) is 0 Å². The third kappa shape index (κ3) is 2.82. The van der Waals surface area contributed by atoms with Crippen molar-refractivity contribution < 1.29 is 0 Å². The van der Waals surface area contributed by atoms with E-state index in [-0.39, 0.29) is 0 Å². The van der Waals surface area contributed by atoms with E-state index in [4.69, 9.17) is 0 Å². The fourth-order valence-electron chi connectivity index (χ4n) is 1.28. The van der Waals surface area contributed by atoms with E-state index in [1.807, 2.05) is 17.4 Å². The van der Waals surface area contributed by atoms with Crippen molar-refractivity contribution in [2.75, 3.05) is 0 Å². The van der Waals surface area contributed by atoms with Gasteiger partial charge in [0.2, 0.25) is 0 Å². The Morgan fingerprint density at radius 2 is 2.50 bits per heavy atom. The minimum absolute atomic E-state index is 0.727. The van der Waals surface area contributed by atoms with Gasteiger partial charge in [-0.25, -0.2) is 0 Å². The fourth-order valence-corrected chi connectivity index (χ4v) is 2.10. The highest BCUT2D eigenvalue weighted by atomic mass is 32.1. The number of hydrogen-bond acceptors (Lipinski definition) is 1. The van der Waals surface area contributed by atoms with E-state index in [2.05, 4.69) is 31.0 Å². The molecular weight excluding hydrogens is 164 g/mol. The van der Waals surface area contributed by atoms with Crippen molar-refractivity contribution in [2.45, 2.75) is 32.1 Å². The van der Waals surface area contributed by atoms with Gasteiger partial charge in [0.15, 0.2) is 0 Å². The average molecular weight is 180 g/mol. The minimum Gasteiger partial charge on any atom is -0.149 e. The molecule has 0 radical (unpaired) electrons. The standard InChI is InChI=1S/C11H16S/c1-3-4-5-7-10(2)11-8-6-9-12-11/h3,6,8-10H,1,4-5,7H2,2H3. The fraction of sp³-hybridized carbons (Fsp3) is 0.455. The Morgan fingerprint density at radius 3 is 3.08 bits per heavy atom. The van der Waals surface area contributed by atoms with Gasteiger partial charge in [0.1, 0.15) is 0 Å². The molecule has 0 aromatic carbocycles. The van der Waals surface area contributed by atoms with E-state index < -0.39 is 0 Å². The Balaban J connectivity index is 2.29. The summed E-state index contributed by atoms with van der Waals surface area (Å²) in [6, 6.07) is 4.35. The molecule has 12 heavy (non-hydrogen) atoms. The summed E-state index contributed by atoms with van der Waals surface area (Å²) in [5, 5.41) is 2.15. The summed E-state index contributed by atoms with van der Waals surface area (Å²) in [6.45, 7) is 6.02. The van der Waals surface area contributed by atoms with E-state index in [1.165, 1.54) is 17.7 Å². The van der Waals surface area contributed by atoms with Crippen LogP contribution in [0.1, 0.15) is 37.0 Å². The van der Waals surface area contributed by atoms with Crippen LogP contribution in [0.25, 0.3) is 0 Å². The van der Waals surface area contributed by atoms with Crippen LogP contribution in [0.4, 0.5) is 0 Å². The van der Waals surface area contributed by atoms with Crippen molar-refractivity contribution in [3.8, 4) is 0 Å². The topological polar surface area (TPSA) is 0 Å². The zero-order valence-corrected chi connectivity index (χ0v) is 8.44. The molecule has 1 atom stereocenters. The number of unbranched alkanes of at least 4 members (excludes halogenated alkanes) is 1. The smallest absolute Gasteiger partial charge is 0.00734 e. The number of hydrogen-bond donors (Lipinski definition) is 0. The molecule has 1 unspecified atom stereocenters. The van der Waals surface area contributed by atoms with E-state index in [0.717, 1.165) is 12.3 Å². The maximum Gasteiger partial charge on any atom is 0.00734 e.